The number of benzene rings is 1. The highest BCUT2D eigenvalue weighted by Crippen LogP contribution is 2.30. The van der Waals surface area contributed by atoms with Crippen LogP contribution in [0.15, 0.2) is 17.0 Å². The third kappa shape index (κ3) is 2.16. The average Bonchev–Trinajstić information content (AvgIpc) is 2.01. The smallest absolute Gasteiger partial charge is 0.265 e. The molecule has 78 valence electrons. The van der Waals surface area contributed by atoms with Crippen LogP contribution in [0.5, 0.6) is 5.75 Å². The van der Waals surface area contributed by atoms with Crippen molar-refractivity contribution in [3.63, 3.8) is 0 Å². The first-order chi connectivity index (χ1) is 6.36. The summed E-state index contributed by atoms with van der Waals surface area (Å²) < 4.78 is 39.9. The molecule has 1 aromatic rings. The lowest BCUT2D eigenvalue weighted by Gasteiger charge is -2.07. The first-order valence-electron chi connectivity index (χ1n) is 3.65. The maximum atomic E-state index is 13.2. The van der Waals surface area contributed by atoms with Crippen molar-refractivity contribution >= 4 is 19.7 Å². The Kier molecular flexibility index (Phi) is 3.01. The number of halogens is 2. The zero-order chi connectivity index (χ0) is 10.9. The lowest BCUT2D eigenvalue weighted by atomic mass is 10.2. The average molecular weight is 239 g/mol. The van der Waals surface area contributed by atoms with Gasteiger partial charge < -0.3 is 4.74 Å². The Bertz CT molecular complexity index is 456. The molecule has 6 heteroatoms. The molecule has 1 rings (SSSR count). The molecule has 0 heterocycles. The molecule has 0 aliphatic rings. The number of hydrogen-bond acceptors (Lipinski definition) is 3. The highest BCUT2D eigenvalue weighted by Gasteiger charge is 2.20. The Morgan fingerprint density at radius 1 is 1.43 bits per heavy atom. The summed E-state index contributed by atoms with van der Waals surface area (Å²) >= 11 is 0. The van der Waals surface area contributed by atoms with Crippen LogP contribution in [-0.4, -0.2) is 15.5 Å². The molecule has 0 saturated heterocycles. The van der Waals surface area contributed by atoms with E-state index in [1.807, 2.05) is 0 Å². The molecule has 0 fully saturated rings. The van der Waals surface area contributed by atoms with Crippen molar-refractivity contribution in [2.24, 2.45) is 0 Å². The topological polar surface area (TPSA) is 43.4 Å². The van der Waals surface area contributed by atoms with Gasteiger partial charge in [-0.3, -0.25) is 0 Å². The second-order valence-electron chi connectivity index (χ2n) is 2.72. The summed E-state index contributed by atoms with van der Waals surface area (Å²) in [6.07, 6.45) is 0. The van der Waals surface area contributed by atoms with E-state index in [0.29, 0.717) is 5.56 Å². The molecule has 0 saturated carbocycles. The molecule has 0 atom stereocenters. The van der Waals surface area contributed by atoms with Gasteiger partial charge in [-0.25, -0.2) is 12.8 Å². The van der Waals surface area contributed by atoms with Gasteiger partial charge in [-0.15, -0.1) is 0 Å². The summed E-state index contributed by atoms with van der Waals surface area (Å²) in [4.78, 5) is -0.348. The molecule has 3 nitrogen and oxygen atoms in total. The zero-order valence-electron chi connectivity index (χ0n) is 7.54. The van der Waals surface area contributed by atoms with Crippen molar-refractivity contribution in [1.82, 2.24) is 0 Å². The number of ether oxygens (including phenoxy) is 1. The Hall–Kier alpha value is -0.810. The van der Waals surface area contributed by atoms with Crippen LogP contribution in [-0.2, 0) is 9.05 Å². The van der Waals surface area contributed by atoms with Gasteiger partial charge in [0.2, 0.25) is 0 Å². The molecule has 0 unspecified atom stereocenters. The fraction of sp³-hybridized carbons (Fsp3) is 0.250. The number of methoxy groups -OCH3 is 1. The summed E-state index contributed by atoms with van der Waals surface area (Å²) in [5, 5.41) is 0. The van der Waals surface area contributed by atoms with Crippen molar-refractivity contribution in [2.75, 3.05) is 7.11 Å². The summed E-state index contributed by atoms with van der Waals surface area (Å²) in [7, 11) is 2.31. The molecule has 0 N–H and O–H groups in total. The van der Waals surface area contributed by atoms with E-state index in [1.54, 1.807) is 6.92 Å². The standard InChI is InChI=1S/C8H8ClFO3S/c1-5-3-6(10)8(13-2)7(4-5)14(9,11)12/h3-4H,1-2H3. The van der Waals surface area contributed by atoms with Gasteiger partial charge in [-0.05, 0) is 24.6 Å². The fourth-order valence-corrected chi connectivity index (χ4v) is 2.15. The van der Waals surface area contributed by atoms with Crippen LogP contribution in [0.1, 0.15) is 5.56 Å². The molecule has 0 amide bonds. The van der Waals surface area contributed by atoms with Gasteiger partial charge >= 0.3 is 0 Å². The number of aryl methyl sites for hydroxylation is 1. The maximum absolute atomic E-state index is 13.2. The van der Waals surface area contributed by atoms with Crippen LogP contribution in [0.25, 0.3) is 0 Å². The third-order valence-electron chi connectivity index (χ3n) is 1.62. The quantitative estimate of drug-likeness (QED) is 0.741. The molecule has 1 aromatic carbocycles. The minimum atomic E-state index is -3.98. The van der Waals surface area contributed by atoms with Crippen molar-refractivity contribution in [2.45, 2.75) is 11.8 Å². The molecule has 0 aromatic heterocycles. The van der Waals surface area contributed by atoms with E-state index in [-0.39, 0.29) is 10.6 Å². The van der Waals surface area contributed by atoms with Crippen LogP contribution in [0.3, 0.4) is 0 Å². The number of hydrogen-bond donors (Lipinski definition) is 0. The van der Waals surface area contributed by atoms with Gasteiger partial charge in [-0.2, -0.15) is 0 Å². The molecule has 0 aliphatic carbocycles. The van der Waals surface area contributed by atoms with E-state index in [1.165, 1.54) is 19.2 Å². The van der Waals surface area contributed by atoms with Crippen LogP contribution >= 0.6 is 10.7 Å². The highest BCUT2D eigenvalue weighted by atomic mass is 35.7. The maximum Gasteiger partial charge on any atom is 0.265 e. The van der Waals surface area contributed by atoms with Gasteiger partial charge in [0, 0.05) is 10.7 Å². The van der Waals surface area contributed by atoms with Gasteiger partial charge in [-0.1, -0.05) is 0 Å². The van der Waals surface area contributed by atoms with Gasteiger partial charge in [0.05, 0.1) is 7.11 Å². The minimum absolute atomic E-state index is 0.348. The summed E-state index contributed by atoms with van der Waals surface area (Å²) in [5.74, 6) is -1.10. The normalized spacial score (nSPS) is 11.4. The first kappa shape index (κ1) is 11.3. The number of rotatable bonds is 2. The Morgan fingerprint density at radius 2 is 2.00 bits per heavy atom. The Labute approximate surface area is 85.9 Å². The Balaban J connectivity index is 3.56. The van der Waals surface area contributed by atoms with Crippen LogP contribution in [0.4, 0.5) is 4.39 Å². The lowest BCUT2D eigenvalue weighted by molar-refractivity contribution is 0.374. The van der Waals surface area contributed by atoms with Gasteiger partial charge in [0.15, 0.2) is 11.6 Å². The second-order valence-corrected chi connectivity index (χ2v) is 5.25. The van der Waals surface area contributed by atoms with Crippen LogP contribution in [0.2, 0.25) is 0 Å². The van der Waals surface area contributed by atoms with E-state index in [9.17, 15) is 12.8 Å². The van der Waals surface area contributed by atoms with Crippen molar-refractivity contribution < 1.29 is 17.5 Å². The predicted octanol–water partition coefficient (Wildman–Crippen LogP) is 2.07. The summed E-state index contributed by atoms with van der Waals surface area (Å²) in [6, 6.07) is 2.43. The Morgan fingerprint density at radius 3 is 2.43 bits per heavy atom. The molecule has 0 radical (unpaired) electrons. The van der Waals surface area contributed by atoms with E-state index >= 15 is 0 Å². The molecule has 0 spiro atoms. The largest absolute Gasteiger partial charge is 0.492 e. The summed E-state index contributed by atoms with van der Waals surface area (Å²) in [6.45, 7) is 1.56. The van der Waals surface area contributed by atoms with Crippen molar-refractivity contribution in [3.8, 4) is 5.75 Å². The molecule has 0 bridgehead atoms. The molecular weight excluding hydrogens is 231 g/mol. The monoisotopic (exact) mass is 238 g/mol. The zero-order valence-corrected chi connectivity index (χ0v) is 9.12. The molecular formula is C8H8ClFO3S. The van der Waals surface area contributed by atoms with E-state index in [0.717, 1.165) is 0 Å². The molecule has 14 heavy (non-hydrogen) atoms. The second kappa shape index (κ2) is 3.74. The lowest BCUT2D eigenvalue weighted by Crippen LogP contribution is -1.99. The third-order valence-corrected chi connectivity index (χ3v) is 2.95. The van der Waals surface area contributed by atoms with Gasteiger partial charge in [0.1, 0.15) is 4.90 Å². The fourth-order valence-electron chi connectivity index (χ4n) is 1.08. The van der Waals surface area contributed by atoms with E-state index in [4.69, 9.17) is 10.7 Å². The highest BCUT2D eigenvalue weighted by molar-refractivity contribution is 8.13. The van der Waals surface area contributed by atoms with Crippen LogP contribution < -0.4 is 4.74 Å². The van der Waals surface area contributed by atoms with Gasteiger partial charge in [0.25, 0.3) is 9.05 Å². The van der Waals surface area contributed by atoms with Crippen molar-refractivity contribution in [3.05, 3.63) is 23.5 Å². The SMILES string of the molecule is COc1c(F)cc(C)cc1S(=O)(=O)Cl. The predicted molar refractivity (Wildman–Crippen MR) is 50.7 cm³/mol. The van der Waals surface area contributed by atoms with E-state index in [2.05, 4.69) is 4.74 Å². The minimum Gasteiger partial charge on any atom is -0.492 e. The van der Waals surface area contributed by atoms with Crippen LogP contribution in [0, 0.1) is 12.7 Å². The van der Waals surface area contributed by atoms with E-state index < -0.39 is 14.9 Å². The summed E-state index contributed by atoms with van der Waals surface area (Å²) in [5.41, 5.74) is 0.461. The van der Waals surface area contributed by atoms with Crippen molar-refractivity contribution in [1.29, 1.82) is 0 Å². The molecule has 0 aliphatic heterocycles. The first-order valence-corrected chi connectivity index (χ1v) is 5.96.